The molecule has 0 bridgehead atoms. The molecule has 0 saturated carbocycles. The molecular formula is C34H65N3O9. The quantitative estimate of drug-likeness (QED) is 0.198. The molecule has 0 aromatic carbocycles. The van der Waals surface area contributed by atoms with E-state index in [1.54, 1.807) is 20.8 Å². The number of aliphatic hydroxyl groups excluding tert-OH is 1. The summed E-state index contributed by atoms with van der Waals surface area (Å²) in [4.78, 5) is 29.5. The fourth-order valence-electron chi connectivity index (χ4n) is 6.96. The van der Waals surface area contributed by atoms with Crippen LogP contribution in [0.4, 0.5) is 0 Å². The normalized spacial score (nSPS) is 40.8. The van der Waals surface area contributed by atoms with Crippen LogP contribution in [0, 0.1) is 22.7 Å². The Morgan fingerprint density at radius 2 is 1.78 bits per heavy atom. The van der Waals surface area contributed by atoms with Gasteiger partial charge in [0.25, 0.3) is 0 Å². The minimum absolute atomic E-state index is 0.0340. The molecule has 0 radical (unpaired) electrons. The third kappa shape index (κ3) is 11.4. The number of nitrogens with zero attached hydrogens (tertiary/aromatic N) is 3. The van der Waals surface area contributed by atoms with Crippen molar-refractivity contribution in [1.29, 1.82) is 0 Å². The van der Waals surface area contributed by atoms with Gasteiger partial charge in [0.05, 0.1) is 42.0 Å². The van der Waals surface area contributed by atoms with E-state index < -0.39 is 66.4 Å². The zero-order valence-electron chi connectivity index (χ0n) is 30.5. The van der Waals surface area contributed by atoms with Crippen molar-refractivity contribution < 1.29 is 38.7 Å². The third-order valence-corrected chi connectivity index (χ3v) is 10.0. The van der Waals surface area contributed by atoms with Gasteiger partial charge in [-0.1, -0.05) is 32.9 Å². The van der Waals surface area contributed by atoms with Gasteiger partial charge in [-0.25, -0.2) is 0 Å². The zero-order chi connectivity index (χ0) is 34.9. The van der Waals surface area contributed by atoms with Crippen LogP contribution < -0.4 is 0 Å². The number of hydrogen-bond donors (Lipinski definition) is 2. The number of hydrogen-bond acceptors (Lipinski definition) is 12. The number of esters is 1. The number of carbonyl (C=O) groups is 1. The van der Waals surface area contributed by atoms with E-state index in [0.717, 1.165) is 12.8 Å². The number of nitroso groups, excluding NO2 is 1. The van der Waals surface area contributed by atoms with Gasteiger partial charge in [-0.2, -0.15) is 4.91 Å². The van der Waals surface area contributed by atoms with E-state index in [4.69, 9.17) is 23.7 Å². The molecule has 46 heavy (non-hydrogen) atoms. The van der Waals surface area contributed by atoms with Gasteiger partial charge >= 0.3 is 5.97 Å². The fraction of sp³-hybridized carbons (Fsp3) is 0.971. The van der Waals surface area contributed by atoms with Crippen LogP contribution in [-0.2, 0) is 28.5 Å². The average Bonchev–Trinajstić information content (AvgIpc) is 2.99. The summed E-state index contributed by atoms with van der Waals surface area (Å²) in [6.45, 7) is 17.4. The highest BCUT2D eigenvalue weighted by Crippen LogP contribution is 2.37. The molecule has 270 valence electrons. The molecule has 12 heteroatoms. The van der Waals surface area contributed by atoms with Crippen molar-refractivity contribution in [3.8, 4) is 0 Å². The summed E-state index contributed by atoms with van der Waals surface area (Å²) < 4.78 is 31.5. The first-order valence-corrected chi connectivity index (χ1v) is 17.3. The first-order valence-electron chi connectivity index (χ1n) is 17.3. The summed E-state index contributed by atoms with van der Waals surface area (Å²) in [7, 11) is 5.94. The summed E-state index contributed by atoms with van der Waals surface area (Å²) in [5.74, 6) is -1.99. The lowest BCUT2D eigenvalue weighted by molar-refractivity contribution is -0.279. The summed E-state index contributed by atoms with van der Waals surface area (Å²) in [5, 5.41) is 26.5. The average molecular weight is 660 g/mol. The smallest absolute Gasteiger partial charge is 0.311 e. The van der Waals surface area contributed by atoms with E-state index in [-0.39, 0.29) is 30.8 Å². The Morgan fingerprint density at radius 1 is 1.13 bits per heavy atom. The minimum atomic E-state index is -1.36. The Balaban J connectivity index is 2.61. The van der Waals surface area contributed by atoms with Crippen molar-refractivity contribution in [3.05, 3.63) is 4.91 Å². The molecule has 0 aromatic heterocycles. The van der Waals surface area contributed by atoms with E-state index in [1.807, 2.05) is 67.6 Å². The van der Waals surface area contributed by atoms with Crippen LogP contribution in [0.1, 0.15) is 94.4 Å². The van der Waals surface area contributed by atoms with Crippen molar-refractivity contribution in [2.75, 3.05) is 34.3 Å². The largest absolute Gasteiger partial charge is 0.463 e. The Morgan fingerprint density at radius 3 is 2.35 bits per heavy atom. The van der Waals surface area contributed by atoms with Gasteiger partial charge in [-0.15, -0.1) is 0 Å². The Labute approximate surface area is 277 Å². The van der Waals surface area contributed by atoms with Crippen molar-refractivity contribution in [1.82, 2.24) is 9.80 Å². The molecule has 2 aliphatic rings. The molecule has 0 aromatic rings. The van der Waals surface area contributed by atoms with Crippen LogP contribution in [-0.4, -0.2) is 127 Å². The highest BCUT2D eigenvalue weighted by Gasteiger charge is 2.47. The van der Waals surface area contributed by atoms with E-state index in [2.05, 4.69) is 10.1 Å². The topological polar surface area (TPSA) is 140 Å². The number of ether oxygens (including phenoxy) is 5. The maximum absolute atomic E-state index is 13.6. The second kappa shape index (κ2) is 18.5. The van der Waals surface area contributed by atoms with Crippen LogP contribution in [0.25, 0.3) is 0 Å². The first kappa shape index (κ1) is 40.9. The van der Waals surface area contributed by atoms with Crippen LogP contribution >= 0.6 is 0 Å². The maximum Gasteiger partial charge on any atom is 0.311 e. The lowest BCUT2D eigenvalue weighted by Crippen LogP contribution is -2.55. The van der Waals surface area contributed by atoms with Crippen LogP contribution in [0.15, 0.2) is 5.18 Å². The molecule has 2 rings (SSSR count). The van der Waals surface area contributed by atoms with Gasteiger partial charge in [-0.05, 0) is 87.4 Å². The zero-order valence-corrected chi connectivity index (χ0v) is 30.5. The predicted molar refractivity (Wildman–Crippen MR) is 177 cm³/mol. The molecule has 2 fully saturated rings. The van der Waals surface area contributed by atoms with E-state index in [0.29, 0.717) is 25.8 Å². The number of aliphatic hydroxyl groups is 2. The lowest BCUT2D eigenvalue weighted by Gasteiger charge is -2.46. The van der Waals surface area contributed by atoms with Gasteiger partial charge in [0.15, 0.2) is 18.6 Å². The summed E-state index contributed by atoms with van der Waals surface area (Å²) in [6, 6.07) is -1.36. The van der Waals surface area contributed by atoms with E-state index in [9.17, 15) is 19.9 Å². The molecule has 0 spiro atoms. The van der Waals surface area contributed by atoms with Gasteiger partial charge in [0.1, 0.15) is 6.61 Å². The Bertz CT molecular complexity index is 924. The monoisotopic (exact) mass is 659 g/mol. The van der Waals surface area contributed by atoms with E-state index in [1.165, 1.54) is 0 Å². The lowest BCUT2D eigenvalue weighted by atomic mass is 9.77. The molecule has 9 unspecified atom stereocenters. The molecule has 12 nitrogen and oxygen atoms in total. The Hall–Kier alpha value is -1.25. The fourth-order valence-corrected chi connectivity index (χ4v) is 6.96. The predicted octanol–water partition coefficient (Wildman–Crippen LogP) is 4.19. The molecule has 2 saturated heterocycles. The van der Waals surface area contributed by atoms with E-state index >= 15 is 0 Å². The number of cyclic esters (lactones) is 1. The van der Waals surface area contributed by atoms with Crippen molar-refractivity contribution in [2.45, 2.75) is 161 Å². The molecular weight excluding hydrogens is 594 g/mol. The molecule has 0 amide bonds. The number of likely N-dealkylation sites (N-methyl/N-ethyl adjacent to an activating group) is 1. The minimum Gasteiger partial charge on any atom is -0.463 e. The highest BCUT2D eigenvalue weighted by atomic mass is 16.7. The summed E-state index contributed by atoms with van der Waals surface area (Å²) in [6.07, 6.45) is -0.871. The van der Waals surface area contributed by atoms with Crippen LogP contribution in [0.2, 0.25) is 0 Å². The molecule has 2 N–H and O–H groups in total. The van der Waals surface area contributed by atoms with Gasteiger partial charge < -0.3 is 43.7 Å². The van der Waals surface area contributed by atoms with Crippen molar-refractivity contribution in [2.24, 2.45) is 22.9 Å². The third-order valence-electron chi connectivity index (χ3n) is 10.0. The second-order valence-corrected chi connectivity index (χ2v) is 14.6. The number of rotatable bonds is 10. The SMILES string of the molecule is CCC(C)OC(CC)O[C@@H]1C(C)C(=O)OCC(N=O)C(O)C(C)N(C)C[C@H](C)C[C@@](C)(O)[C@H](OC2CC(N(C)C)CC(C)O2)[C@H]1C. The van der Waals surface area contributed by atoms with Crippen molar-refractivity contribution in [3.63, 3.8) is 0 Å². The number of carbonyl (C=O) groups excluding carboxylic acids is 1. The summed E-state index contributed by atoms with van der Waals surface area (Å²) in [5.41, 5.74) is -1.36. The maximum atomic E-state index is 13.6. The van der Waals surface area contributed by atoms with Crippen LogP contribution in [0.5, 0.6) is 0 Å². The van der Waals surface area contributed by atoms with Gasteiger partial charge in [0.2, 0.25) is 0 Å². The summed E-state index contributed by atoms with van der Waals surface area (Å²) >= 11 is 0. The van der Waals surface area contributed by atoms with Gasteiger partial charge in [-0.3, -0.25) is 4.79 Å². The molecule has 0 aliphatic carbocycles. The Kier molecular flexibility index (Phi) is 16.5. The van der Waals surface area contributed by atoms with Crippen LogP contribution in [0.3, 0.4) is 0 Å². The second-order valence-electron chi connectivity index (χ2n) is 14.6. The molecule has 2 aliphatic heterocycles. The van der Waals surface area contributed by atoms with Crippen molar-refractivity contribution >= 4 is 5.97 Å². The first-order chi connectivity index (χ1) is 21.4. The standard InChI is InChI=1S/C34H65N3O9/c1-13-21(4)43-28(14-2)45-31-23(6)32(46-29-16-26(36(10)11)15-22(5)44-29)34(9,40)17-20(3)18-37(12)25(8)30(38)27(35-41)19-42-33(39)24(31)7/h20-32,38,40H,13-19H2,1-12H3/t20-,21?,22?,23+,24?,25?,26?,27?,28?,29?,30?,31+,32-,34-/m1/s1. The highest BCUT2D eigenvalue weighted by molar-refractivity contribution is 5.72. The van der Waals surface area contributed by atoms with Gasteiger partial charge in [0, 0.05) is 31.0 Å². The molecule has 14 atom stereocenters. The molecule has 2 heterocycles.